The van der Waals surface area contributed by atoms with Crippen LogP contribution >= 0.6 is 34.8 Å². The number of nitriles is 1. The van der Waals surface area contributed by atoms with Gasteiger partial charge in [0.1, 0.15) is 0 Å². The lowest BCUT2D eigenvalue weighted by Crippen LogP contribution is -2.48. The van der Waals surface area contributed by atoms with E-state index in [-0.39, 0.29) is 17.9 Å². The topological polar surface area (TPSA) is 52.9 Å². The fourth-order valence-corrected chi connectivity index (χ4v) is 5.93. The number of carbonyl (C=O) groups is 1. The average molecular weight is 526 g/mol. The predicted molar refractivity (Wildman–Crippen MR) is 143 cm³/mol. The van der Waals surface area contributed by atoms with Crippen molar-refractivity contribution in [2.24, 2.45) is 0 Å². The molecule has 4 rings (SSSR count). The molecule has 0 bridgehead atoms. The number of rotatable bonds is 7. The van der Waals surface area contributed by atoms with Crippen molar-refractivity contribution in [2.75, 3.05) is 0 Å². The highest BCUT2D eigenvalue weighted by molar-refractivity contribution is 6.35. The van der Waals surface area contributed by atoms with Gasteiger partial charge < -0.3 is 5.32 Å². The minimum atomic E-state index is -0.671. The third kappa shape index (κ3) is 5.67. The van der Waals surface area contributed by atoms with E-state index in [4.69, 9.17) is 34.8 Å². The van der Waals surface area contributed by atoms with Crippen LogP contribution in [-0.4, -0.2) is 11.9 Å². The lowest BCUT2D eigenvalue weighted by atomic mass is 9.77. The number of hydrogen-bond acceptors (Lipinski definition) is 2. The van der Waals surface area contributed by atoms with Crippen LogP contribution in [0, 0.1) is 11.3 Å². The molecule has 1 saturated carbocycles. The predicted octanol–water partition coefficient (Wildman–Crippen LogP) is 7.86. The second kappa shape index (κ2) is 11.0. The number of hydrogen-bond donors (Lipinski definition) is 1. The number of amides is 1. The van der Waals surface area contributed by atoms with Crippen LogP contribution < -0.4 is 5.32 Å². The van der Waals surface area contributed by atoms with E-state index in [9.17, 15) is 10.1 Å². The molecule has 3 nitrogen and oxygen atoms in total. The van der Waals surface area contributed by atoms with Crippen molar-refractivity contribution >= 4 is 40.7 Å². The molecule has 0 radical (unpaired) electrons. The van der Waals surface area contributed by atoms with Gasteiger partial charge in [-0.2, -0.15) is 5.26 Å². The van der Waals surface area contributed by atoms with Crippen LogP contribution in [0.25, 0.3) is 0 Å². The molecule has 3 aromatic carbocycles. The molecule has 0 aromatic heterocycles. The molecule has 0 saturated heterocycles. The van der Waals surface area contributed by atoms with Gasteiger partial charge in [0.2, 0.25) is 5.91 Å². The number of halogens is 3. The summed E-state index contributed by atoms with van der Waals surface area (Å²) in [6, 6.07) is 22.8. The summed E-state index contributed by atoms with van der Waals surface area (Å²) in [7, 11) is 0. The van der Waals surface area contributed by atoms with Crippen LogP contribution in [0.4, 0.5) is 0 Å². The number of carbonyl (C=O) groups excluding carboxylic acids is 1. The van der Waals surface area contributed by atoms with Crippen molar-refractivity contribution < 1.29 is 4.79 Å². The summed E-state index contributed by atoms with van der Waals surface area (Å²) >= 11 is 18.8. The zero-order chi connectivity index (χ0) is 25.0. The summed E-state index contributed by atoms with van der Waals surface area (Å²) in [4.78, 5) is 13.9. The van der Waals surface area contributed by atoms with Crippen molar-refractivity contribution in [3.05, 3.63) is 104 Å². The van der Waals surface area contributed by atoms with Crippen LogP contribution in [-0.2, 0) is 16.6 Å². The van der Waals surface area contributed by atoms with E-state index < -0.39 is 5.41 Å². The van der Waals surface area contributed by atoms with Crippen LogP contribution in [0.15, 0.2) is 66.7 Å². The van der Waals surface area contributed by atoms with Gasteiger partial charge in [0.05, 0.1) is 17.0 Å². The Labute approximate surface area is 222 Å². The molecule has 1 N–H and O–H groups in total. The minimum absolute atomic E-state index is 0.00994. The van der Waals surface area contributed by atoms with Crippen molar-refractivity contribution in [3.8, 4) is 6.07 Å². The Bertz CT molecular complexity index is 1240. The van der Waals surface area contributed by atoms with E-state index in [1.165, 1.54) is 0 Å². The Hall–Kier alpha value is -2.51. The highest BCUT2D eigenvalue weighted by atomic mass is 35.5. The normalized spacial score (nSPS) is 16.3. The van der Waals surface area contributed by atoms with Crippen LogP contribution in [0.1, 0.15) is 60.8 Å². The first-order valence-electron chi connectivity index (χ1n) is 11.8. The third-order valence-corrected chi connectivity index (χ3v) is 7.91. The maximum atomic E-state index is 13.9. The Morgan fingerprint density at radius 3 is 2.34 bits per heavy atom. The zero-order valence-corrected chi connectivity index (χ0v) is 21.8. The molecule has 0 aliphatic heterocycles. The molecule has 180 valence electrons. The van der Waals surface area contributed by atoms with Gasteiger partial charge >= 0.3 is 0 Å². The van der Waals surface area contributed by atoms with Crippen molar-refractivity contribution in [3.63, 3.8) is 0 Å². The third-order valence-electron chi connectivity index (χ3n) is 7.11. The summed E-state index contributed by atoms with van der Waals surface area (Å²) in [5, 5.41) is 14.5. The maximum absolute atomic E-state index is 13.9. The summed E-state index contributed by atoms with van der Waals surface area (Å²) in [5.41, 5.74) is 2.89. The van der Waals surface area contributed by atoms with Gasteiger partial charge in [-0.15, -0.1) is 0 Å². The quantitative estimate of drug-likeness (QED) is 0.341. The first-order valence-corrected chi connectivity index (χ1v) is 13.0. The molecule has 3 aromatic rings. The Kier molecular flexibility index (Phi) is 8.07. The molecule has 0 spiro atoms. The average Bonchev–Trinajstić information content (AvgIpc) is 3.34. The van der Waals surface area contributed by atoms with E-state index in [0.29, 0.717) is 27.1 Å². The van der Waals surface area contributed by atoms with Crippen LogP contribution in [0.2, 0.25) is 15.1 Å². The number of nitrogens with one attached hydrogen (secondary N) is 1. The van der Waals surface area contributed by atoms with Crippen LogP contribution in [0.5, 0.6) is 0 Å². The lowest BCUT2D eigenvalue weighted by Gasteiger charge is -2.33. The highest BCUT2D eigenvalue weighted by Gasteiger charge is 2.44. The molecule has 1 fully saturated rings. The molecule has 1 aliphatic carbocycles. The Morgan fingerprint density at radius 2 is 1.69 bits per heavy atom. The van der Waals surface area contributed by atoms with E-state index >= 15 is 0 Å². The monoisotopic (exact) mass is 524 g/mol. The van der Waals surface area contributed by atoms with E-state index in [2.05, 4.69) is 11.4 Å². The minimum Gasteiger partial charge on any atom is -0.352 e. The van der Waals surface area contributed by atoms with Crippen LogP contribution in [0.3, 0.4) is 0 Å². The van der Waals surface area contributed by atoms with Crippen molar-refractivity contribution in [1.29, 1.82) is 5.26 Å². The SMILES string of the molecule is CC(NC(=O)C1(c2ccc(Cl)cc2Cl)CCCC1)C(Cc1ccc(Cl)cc1)c1cccc(C#N)c1. The van der Waals surface area contributed by atoms with Gasteiger partial charge in [-0.3, -0.25) is 4.79 Å². The molecular weight excluding hydrogens is 499 g/mol. The zero-order valence-electron chi connectivity index (χ0n) is 19.5. The fraction of sp³-hybridized carbons (Fsp3) is 0.310. The standard InChI is InChI=1S/C29H27Cl3N2O/c1-19(34-28(35)29(13-2-3-14-29)26-12-11-24(31)17-27(26)32)25(16-20-7-9-23(30)10-8-20)22-6-4-5-21(15-22)18-33/h4-12,15,17,19,25H,2-3,13-14,16H2,1H3,(H,34,35). The first kappa shape index (κ1) is 25.6. The first-order chi connectivity index (χ1) is 16.8. The van der Waals surface area contributed by atoms with Gasteiger partial charge in [-0.25, -0.2) is 0 Å². The van der Waals surface area contributed by atoms with E-state index in [1.54, 1.807) is 18.2 Å². The highest BCUT2D eigenvalue weighted by Crippen LogP contribution is 2.45. The van der Waals surface area contributed by atoms with Gasteiger partial charge in [-0.1, -0.05) is 78.0 Å². The second-order valence-electron chi connectivity index (χ2n) is 9.35. The lowest BCUT2D eigenvalue weighted by molar-refractivity contribution is -0.127. The second-order valence-corrected chi connectivity index (χ2v) is 10.6. The van der Waals surface area contributed by atoms with Gasteiger partial charge in [0.25, 0.3) is 0 Å². The molecular formula is C29H27Cl3N2O. The van der Waals surface area contributed by atoms with Crippen molar-refractivity contribution in [1.82, 2.24) is 5.32 Å². The Morgan fingerprint density at radius 1 is 1.00 bits per heavy atom. The molecule has 1 amide bonds. The molecule has 0 heterocycles. The molecule has 6 heteroatoms. The number of nitrogens with zero attached hydrogens (tertiary/aromatic N) is 1. The largest absolute Gasteiger partial charge is 0.352 e. The smallest absolute Gasteiger partial charge is 0.230 e. The number of benzene rings is 3. The van der Waals surface area contributed by atoms with E-state index in [1.807, 2.05) is 55.5 Å². The molecule has 35 heavy (non-hydrogen) atoms. The van der Waals surface area contributed by atoms with Gasteiger partial charge in [-0.05, 0) is 79.3 Å². The summed E-state index contributed by atoms with van der Waals surface area (Å²) in [6.45, 7) is 2.03. The summed E-state index contributed by atoms with van der Waals surface area (Å²) in [6.07, 6.45) is 4.14. The van der Waals surface area contributed by atoms with E-state index in [0.717, 1.165) is 42.4 Å². The van der Waals surface area contributed by atoms with Gasteiger partial charge in [0, 0.05) is 27.0 Å². The fourth-order valence-electron chi connectivity index (χ4n) is 5.22. The van der Waals surface area contributed by atoms with Gasteiger partial charge in [0.15, 0.2) is 0 Å². The Balaban J connectivity index is 1.65. The molecule has 2 unspecified atom stereocenters. The summed E-state index contributed by atoms with van der Waals surface area (Å²) < 4.78 is 0. The summed E-state index contributed by atoms with van der Waals surface area (Å²) in [5.74, 6) is -0.0446. The molecule has 1 aliphatic rings. The van der Waals surface area contributed by atoms with Crippen molar-refractivity contribution in [2.45, 2.75) is 56.4 Å². The molecule has 2 atom stereocenters. The maximum Gasteiger partial charge on any atom is 0.230 e.